The highest BCUT2D eigenvalue weighted by Crippen LogP contribution is 2.17. The number of nitrogens with two attached hydrogens (primary N) is 1. The normalized spacial score (nSPS) is 19.2. The zero-order valence-electron chi connectivity index (χ0n) is 11.4. The van der Waals surface area contributed by atoms with E-state index in [4.69, 9.17) is 15.3 Å². The maximum atomic E-state index is 5.70. The fourth-order valence-electron chi connectivity index (χ4n) is 2.07. The molecule has 0 radical (unpaired) electrons. The number of hydrogen-bond donors (Lipinski definition) is 2. The van der Waals surface area contributed by atoms with Gasteiger partial charge >= 0.3 is 0 Å². The third-order valence-corrected chi connectivity index (χ3v) is 3.06. The van der Waals surface area contributed by atoms with E-state index in [-0.39, 0.29) is 6.10 Å². The monoisotopic (exact) mass is 266 g/mol. The number of nitrogen functional groups attached to an aromatic ring is 1. The molecular weight excluding hydrogens is 244 g/mol. The summed E-state index contributed by atoms with van der Waals surface area (Å²) in [5.41, 5.74) is 2.54. The van der Waals surface area contributed by atoms with Crippen LogP contribution in [-0.4, -0.2) is 29.3 Å². The number of hydrogen-bond acceptors (Lipinski definition) is 6. The Balaban J connectivity index is 1.95. The molecule has 0 saturated carbocycles. The smallest absolute Gasteiger partial charge is 0.218 e. The summed E-state index contributed by atoms with van der Waals surface area (Å²) in [4.78, 5) is 8.65. The molecule has 0 spiro atoms. The van der Waals surface area contributed by atoms with Gasteiger partial charge in [0.15, 0.2) is 0 Å². The molecule has 1 unspecified atom stereocenters. The van der Waals surface area contributed by atoms with Crippen molar-refractivity contribution in [2.45, 2.75) is 45.1 Å². The Hall–Kier alpha value is -1.40. The summed E-state index contributed by atoms with van der Waals surface area (Å²) in [7, 11) is 0. The molecule has 0 amide bonds. The summed E-state index contributed by atoms with van der Waals surface area (Å²) in [5, 5.41) is 0. The summed E-state index contributed by atoms with van der Waals surface area (Å²) in [6, 6.07) is 1.71. The average Bonchev–Trinajstić information content (AvgIpc) is 2.46. The maximum Gasteiger partial charge on any atom is 0.218 e. The van der Waals surface area contributed by atoms with Crippen molar-refractivity contribution in [3.63, 3.8) is 0 Å². The Morgan fingerprint density at radius 1 is 1.47 bits per heavy atom. The van der Waals surface area contributed by atoms with Crippen molar-refractivity contribution in [1.29, 1.82) is 0 Å². The van der Waals surface area contributed by atoms with E-state index in [9.17, 15) is 0 Å². The molecule has 19 heavy (non-hydrogen) atoms. The number of hydrazine groups is 1. The molecule has 1 aliphatic rings. The third-order valence-electron chi connectivity index (χ3n) is 3.06. The topological polar surface area (TPSA) is 82.3 Å². The fourth-order valence-corrected chi connectivity index (χ4v) is 2.07. The molecule has 1 aromatic rings. The minimum Gasteiger partial charge on any atom is -0.475 e. The molecule has 0 bridgehead atoms. The predicted octanol–water partition coefficient (Wildman–Crippen LogP) is 1.66. The van der Waals surface area contributed by atoms with Crippen LogP contribution in [-0.2, 0) is 11.2 Å². The quantitative estimate of drug-likeness (QED) is 0.602. The number of aromatic nitrogens is 2. The molecule has 2 rings (SSSR count). The molecule has 2 heterocycles. The molecule has 6 heteroatoms. The van der Waals surface area contributed by atoms with Gasteiger partial charge in [0, 0.05) is 19.1 Å². The highest BCUT2D eigenvalue weighted by molar-refractivity contribution is 5.37. The molecule has 3 N–H and O–H groups in total. The minimum atomic E-state index is 0.174. The van der Waals surface area contributed by atoms with Crippen LogP contribution >= 0.6 is 0 Å². The van der Waals surface area contributed by atoms with E-state index < -0.39 is 0 Å². The van der Waals surface area contributed by atoms with Crippen molar-refractivity contribution in [3.05, 3.63) is 11.9 Å². The van der Waals surface area contributed by atoms with Crippen LogP contribution in [0.3, 0.4) is 0 Å². The first-order valence-electron chi connectivity index (χ1n) is 6.90. The molecule has 1 fully saturated rings. The van der Waals surface area contributed by atoms with Gasteiger partial charge in [-0.2, -0.15) is 4.98 Å². The SMILES string of the molecule is CCCc1nc(NN)cc(OCC2CCCCO2)n1. The van der Waals surface area contributed by atoms with Gasteiger partial charge in [-0.1, -0.05) is 6.92 Å². The van der Waals surface area contributed by atoms with E-state index in [2.05, 4.69) is 22.3 Å². The minimum absolute atomic E-state index is 0.174. The largest absolute Gasteiger partial charge is 0.475 e. The number of ether oxygens (including phenoxy) is 2. The van der Waals surface area contributed by atoms with E-state index in [1.807, 2.05) is 0 Å². The fraction of sp³-hybridized carbons (Fsp3) is 0.692. The summed E-state index contributed by atoms with van der Waals surface area (Å²) in [6.07, 6.45) is 5.37. The molecule has 1 saturated heterocycles. The van der Waals surface area contributed by atoms with Crippen LogP contribution in [0, 0.1) is 0 Å². The predicted molar refractivity (Wildman–Crippen MR) is 72.9 cm³/mol. The first-order valence-corrected chi connectivity index (χ1v) is 6.90. The summed E-state index contributed by atoms with van der Waals surface area (Å²) < 4.78 is 11.3. The lowest BCUT2D eigenvalue weighted by Gasteiger charge is -2.22. The van der Waals surface area contributed by atoms with Crippen LogP contribution in [0.5, 0.6) is 5.88 Å². The Labute approximate surface area is 113 Å². The maximum absolute atomic E-state index is 5.70. The van der Waals surface area contributed by atoms with Gasteiger partial charge in [-0.25, -0.2) is 10.8 Å². The van der Waals surface area contributed by atoms with E-state index in [1.165, 1.54) is 6.42 Å². The molecule has 1 aliphatic heterocycles. The van der Waals surface area contributed by atoms with Crippen LogP contribution < -0.4 is 16.0 Å². The van der Waals surface area contributed by atoms with E-state index in [0.29, 0.717) is 18.3 Å². The molecule has 0 aromatic carbocycles. The summed E-state index contributed by atoms with van der Waals surface area (Å²) in [5.74, 6) is 7.29. The molecule has 0 aliphatic carbocycles. The first-order chi connectivity index (χ1) is 9.31. The second kappa shape index (κ2) is 7.25. The highest BCUT2D eigenvalue weighted by Gasteiger charge is 2.15. The van der Waals surface area contributed by atoms with Gasteiger partial charge < -0.3 is 14.9 Å². The summed E-state index contributed by atoms with van der Waals surface area (Å²) >= 11 is 0. The van der Waals surface area contributed by atoms with E-state index in [1.54, 1.807) is 6.07 Å². The lowest BCUT2D eigenvalue weighted by Crippen LogP contribution is -2.26. The van der Waals surface area contributed by atoms with Gasteiger partial charge in [-0.15, -0.1) is 0 Å². The molecule has 106 valence electrons. The standard InChI is InChI=1S/C13H22N4O2/c1-2-5-11-15-12(17-14)8-13(16-11)19-9-10-6-3-4-7-18-10/h8,10H,2-7,9,14H2,1H3,(H,15,16,17). The summed E-state index contributed by atoms with van der Waals surface area (Å²) in [6.45, 7) is 3.45. The zero-order valence-corrected chi connectivity index (χ0v) is 11.4. The highest BCUT2D eigenvalue weighted by atomic mass is 16.5. The van der Waals surface area contributed by atoms with Crippen molar-refractivity contribution < 1.29 is 9.47 Å². The lowest BCUT2D eigenvalue weighted by atomic mass is 10.1. The van der Waals surface area contributed by atoms with Gasteiger partial charge in [0.05, 0.1) is 6.10 Å². The van der Waals surface area contributed by atoms with Gasteiger partial charge in [-0.05, 0) is 25.7 Å². The van der Waals surface area contributed by atoms with E-state index in [0.717, 1.165) is 38.1 Å². The zero-order chi connectivity index (χ0) is 13.5. The second-order valence-electron chi connectivity index (χ2n) is 4.70. The van der Waals surface area contributed by atoms with Gasteiger partial charge in [0.2, 0.25) is 5.88 Å². The number of nitrogens with zero attached hydrogens (tertiary/aromatic N) is 2. The Bertz CT molecular complexity index is 394. The van der Waals surface area contributed by atoms with Crippen molar-refractivity contribution >= 4 is 5.82 Å². The van der Waals surface area contributed by atoms with Crippen molar-refractivity contribution in [2.24, 2.45) is 5.84 Å². The molecular formula is C13H22N4O2. The van der Waals surface area contributed by atoms with Crippen LogP contribution in [0.25, 0.3) is 0 Å². The van der Waals surface area contributed by atoms with Crippen molar-refractivity contribution in [3.8, 4) is 5.88 Å². The number of nitrogens with one attached hydrogen (secondary N) is 1. The number of anilines is 1. The lowest BCUT2D eigenvalue weighted by molar-refractivity contribution is -0.0120. The van der Waals surface area contributed by atoms with Crippen LogP contribution in [0.1, 0.15) is 38.4 Å². The van der Waals surface area contributed by atoms with Crippen LogP contribution in [0.15, 0.2) is 6.07 Å². The second-order valence-corrected chi connectivity index (χ2v) is 4.70. The Kier molecular flexibility index (Phi) is 5.35. The molecule has 1 atom stereocenters. The van der Waals surface area contributed by atoms with Gasteiger partial charge in [-0.3, -0.25) is 0 Å². The molecule has 6 nitrogen and oxygen atoms in total. The number of rotatable bonds is 6. The van der Waals surface area contributed by atoms with Crippen LogP contribution in [0.2, 0.25) is 0 Å². The van der Waals surface area contributed by atoms with Crippen molar-refractivity contribution in [1.82, 2.24) is 9.97 Å². The first kappa shape index (κ1) is 14.0. The van der Waals surface area contributed by atoms with Gasteiger partial charge in [0.1, 0.15) is 18.2 Å². The Morgan fingerprint density at radius 2 is 2.37 bits per heavy atom. The Morgan fingerprint density at radius 3 is 3.05 bits per heavy atom. The molecule has 1 aromatic heterocycles. The van der Waals surface area contributed by atoms with Gasteiger partial charge in [0.25, 0.3) is 0 Å². The van der Waals surface area contributed by atoms with Crippen LogP contribution in [0.4, 0.5) is 5.82 Å². The van der Waals surface area contributed by atoms with E-state index >= 15 is 0 Å². The third kappa shape index (κ3) is 4.33. The average molecular weight is 266 g/mol. The van der Waals surface area contributed by atoms with Crippen molar-refractivity contribution in [2.75, 3.05) is 18.6 Å². The number of aryl methyl sites for hydroxylation is 1.